The molecule has 0 amide bonds. The van der Waals surface area contributed by atoms with Gasteiger partial charge in [0, 0.05) is 30.8 Å². The average molecular weight is 448 g/mol. The number of aryl methyl sites for hydroxylation is 1. The van der Waals surface area contributed by atoms with E-state index in [2.05, 4.69) is 20.4 Å². The quantitative estimate of drug-likeness (QED) is 0.428. The number of carbonyl (C=O) groups is 1. The molecule has 3 heterocycles. The van der Waals surface area contributed by atoms with Crippen molar-refractivity contribution < 1.29 is 22.8 Å². The van der Waals surface area contributed by atoms with E-state index in [1.54, 1.807) is 49.5 Å². The summed E-state index contributed by atoms with van der Waals surface area (Å²) in [5.74, 6) is -2.06. The van der Waals surface area contributed by atoms with Crippen molar-refractivity contribution in [2.75, 3.05) is 11.9 Å². The molecule has 0 spiro atoms. The van der Waals surface area contributed by atoms with Crippen LogP contribution in [-0.4, -0.2) is 27.5 Å². The number of anilines is 1. The topological polar surface area (TPSA) is 90.1 Å². The highest BCUT2D eigenvalue weighted by molar-refractivity contribution is 6.03. The minimum atomic E-state index is -1.02. The van der Waals surface area contributed by atoms with Gasteiger partial charge in [0.1, 0.15) is 18.2 Å². The first-order chi connectivity index (χ1) is 16.0. The van der Waals surface area contributed by atoms with Crippen LogP contribution >= 0.6 is 0 Å². The van der Waals surface area contributed by atoms with Gasteiger partial charge in [-0.15, -0.1) is 0 Å². The minimum Gasteiger partial charge on any atom is -0.486 e. The second kappa shape index (κ2) is 8.42. The zero-order chi connectivity index (χ0) is 22.9. The van der Waals surface area contributed by atoms with Gasteiger partial charge >= 0.3 is 0 Å². The molecule has 33 heavy (non-hydrogen) atoms. The van der Waals surface area contributed by atoms with Gasteiger partial charge in [-0.3, -0.25) is 4.79 Å². The summed E-state index contributed by atoms with van der Waals surface area (Å²) < 4.78 is 40.2. The molecule has 1 aliphatic rings. The second-order valence-corrected chi connectivity index (χ2v) is 7.60. The number of halogens is 2. The van der Waals surface area contributed by atoms with Crippen molar-refractivity contribution in [1.29, 1.82) is 0 Å². The summed E-state index contributed by atoms with van der Waals surface area (Å²) in [5.41, 5.74) is 1.51. The smallest absolute Gasteiger partial charge is 0.223 e. The van der Waals surface area contributed by atoms with E-state index in [1.807, 2.05) is 0 Å². The highest BCUT2D eigenvalue weighted by Gasteiger charge is 2.34. The number of nitrogens with one attached hydrogen (secondary N) is 1. The van der Waals surface area contributed by atoms with Crippen molar-refractivity contribution in [2.45, 2.75) is 19.4 Å². The van der Waals surface area contributed by atoms with E-state index < -0.39 is 28.9 Å². The van der Waals surface area contributed by atoms with Crippen LogP contribution in [-0.2, 0) is 6.61 Å². The fourth-order valence-corrected chi connectivity index (χ4v) is 3.76. The van der Waals surface area contributed by atoms with Crippen LogP contribution in [0.2, 0.25) is 0 Å². The van der Waals surface area contributed by atoms with Crippen LogP contribution in [0.25, 0.3) is 11.4 Å². The van der Waals surface area contributed by atoms with Gasteiger partial charge in [-0.1, -0.05) is 35.5 Å². The zero-order valence-electron chi connectivity index (χ0n) is 17.5. The molecule has 5 rings (SSSR count). The summed E-state index contributed by atoms with van der Waals surface area (Å²) >= 11 is 0. The zero-order valence-corrected chi connectivity index (χ0v) is 17.5. The number of ketones is 1. The van der Waals surface area contributed by atoms with E-state index in [0.29, 0.717) is 23.1 Å². The van der Waals surface area contributed by atoms with E-state index in [4.69, 9.17) is 9.26 Å². The number of pyridine rings is 1. The molecule has 0 aliphatic carbocycles. The lowest BCUT2D eigenvalue weighted by atomic mass is 9.92. The van der Waals surface area contributed by atoms with Crippen LogP contribution < -0.4 is 10.1 Å². The largest absolute Gasteiger partial charge is 0.486 e. The van der Waals surface area contributed by atoms with Crippen molar-refractivity contribution in [1.82, 2.24) is 15.1 Å². The first-order valence-electron chi connectivity index (χ1n) is 10.2. The maximum Gasteiger partial charge on any atom is 0.223 e. The molecule has 0 radical (unpaired) electrons. The average Bonchev–Trinajstić information content (AvgIpc) is 3.45. The van der Waals surface area contributed by atoms with Crippen LogP contribution in [0.1, 0.15) is 33.3 Å². The van der Waals surface area contributed by atoms with Gasteiger partial charge in [-0.25, -0.2) is 13.8 Å². The molecule has 1 atom stereocenters. The first-order valence-corrected chi connectivity index (χ1v) is 10.2. The Kier molecular flexibility index (Phi) is 5.29. The van der Waals surface area contributed by atoms with E-state index in [-0.39, 0.29) is 18.9 Å². The van der Waals surface area contributed by atoms with Gasteiger partial charge in [0.05, 0.1) is 11.5 Å². The third-order valence-corrected chi connectivity index (χ3v) is 5.44. The Morgan fingerprint density at radius 3 is 2.76 bits per heavy atom. The van der Waals surface area contributed by atoms with E-state index in [0.717, 1.165) is 17.2 Å². The number of fused-ring (bicyclic) bond motifs is 1. The predicted molar refractivity (Wildman–Crippen MR) is 115 cm³/mol. The molecule has 1 aliphatic heterocycles. The molecule has 7 nitrogen and oxygen atoms in total. The second-order valence-electron chi connectivity index (χ2n) is 7.60. The Morgan fingerprint density at radius 2 is 2.00 bits per heavy atom. The maximum atomic E-state index is 15.2. The third-order valence-electron chi connectivity index (χ3n) is 5.44. The van der Waals surface area contributed by atoms with Crippen molar-refractivity contribution >= 4 is 11.6 Å². The number of nitrogens with zero attached hydrogens (tertiary/aromatic N) is 3. The van der Waals surface area contributed by atoms with Gasteiger partial charge in [-0.2, -0.15) is 4.98 Å². The van der Waals surface area contributed by atoms with Gasteiger partial charge in [-0.05, 0) is 23.8 Å². The fourth-order valence-electron chi connectivity index (χ4n) is 3.76. The number of benzene rings is 2. The highest BCUT2D eigenvalue weighted by atomic mass is 19.1. The lowest BCUT2D eigenvalue weighted by molar-refractivity contribution is 0.0957. The van der Waals surface area contributed by atoms with Crippen molar-refractivity contribution in [2.24, 2.45) is 0 Å². The summed E-state index contributed by atoms with van der Waals surface area (Å²) in [6.07, 6.45) is 1.59. The fraction of sp³-hybridized carbons (Fsp3) is 0.167. The number of hydrogen-bond donors (Lipinski definition) is 1. The normalized spacial score (nSPS) is 14.6. The Bertz CT molecular complexity index is 1340. The molecule has 0 saturated carbocycles. The molecule has 2 aromatic heterocycles. The predicted octanol–water partition coefficient (Wildman–Crippen LogP) is 4.69. The molecule has 0 fully saturated rings. The van der Waals surface area contributed by atoms with Crippen molar-refractivity contribution in [3.05, 3.63) is 88.9 Å². The molecule has 0 bridgehead atoms. The standard InChI is InChI=1S/C24H18F2N4O3/c1-13-29-23(30-33-13)15-6-4-14(5-7-15)12-32-19-9-8-18(25)20(21(19)26)22(31)17-11-28-24-16(17)3-2-10-27-24/h2-10,17H,11-12H2,1H3,(H,27,28). The van der Waals surface area contributed by atoms with Crippen molar-refractivity contribution in [3.63, 3.8) is 0 Å². The molecular formula is C24H18F2N4O3. The van der Waals surface area contributed by atoms with Crippen molar-refractivity contribution in [3.8, 4) is 17.1 Å². The van der Waals surface area contributed by atoms with E-state index >= 15 is 4.39 Å². The molecule has 2 aromatic carbocycles. The van der Waals surface area contributed by atoms with Crippen LogP contribution in [0.3, 0.4) is 0 Å². The summed E-state index contributed by atoms with van der Waals surface area (Å²) in [5, 5.41) is 6.86. The lowest BCUT2D eigenvalue weighted by Gasteiger charge is -2.14. The molecule has 166 valence electrons. The molecule has 1 unspecified atom stereocenters. The summed E-state index contributed by atoms with van der Waals surface area (Å²) in [6, 6.07) is 12.8. The van der Waals surface area contributed by atoms with Crippen LogP contribution in [0.15, 0.2) is 59.3 Å². The highest BCUT2D eigenvalue weighted by Crippen LogP contribution is 2.34. The van der Waals surface area contributed by atoms with Crippen LogP contribution in [0.4, 0.5) is 14.6 Å². The minimum absolute atomic E-state index is 0.0273. The SMILES string of the molecule is Cc1nc(-c2ccc(COc3ccc(F)c(C(=O)C4CNc5ncccc54)c3F)cc2)no1. The molecule has 4 aromatic rings. The summed E-state index contributed by atoms with van der Waals surface area (Å²) in [7, 11) is 0. The number of ether oxygens (including phenoxy) is 1. The summed E-state index contributed by atoms with van der Waals surface area (Å²) in [6.45, 7) is 1.95. The number of hydrogen-bond acceptors (Lipinski definition) is 7. The number of rotatable bonds is 6. The third kappa shape index (κ3) is 3.93. The monoisotopic (exact) mass is 448 g/mol. The maximum absolute atomic E-state index is 15.2. The number of carbonyl (C=O) groups excluding carboxylic acids is 1. The number of aromatic nitrogens is 3. The van der Waals surface area contributed by atoms with E-state index in [1.165, 1.54) is 6.07 Å². The summed E-state index contributed by atoms with van der Waals surface area (Å²) in [4.78, 5) is 21.3. The van der Waals surface area contributed by atoms with Gasteiger partial charge in [0.2, 0.25) is 11.7 Å². The Balaban J connectivity index is 1.34. The van der Waals surface area contributed by atoms with Gasteiger partial charge in [0.15, 0.2) is 17.3 Å². The molecule has 9 heteroatoms. The Morgan fingerprint density at radius 1 is 1.18 bits per heavy atom. The first kappa shape index (κ1) is 20.7. The molecule has 1 N–H and O–H groups in total. The van der Waals surface area contributed by atoms with Gasteiger partial charge in [0.25, 0.3) is 0 Å². The van der Waals surface area contributed by atoms with Crippen LogP contribution in [0, 0.1) is 18.6 Å². The lowest BCUT2D eigenvalue weighted by Crippen LogP contribution is -2.18. The molecule has 0 saturated heterocycles. The number of Topliss-reactive ketones (excluding diaryl/α,β-unsaturated/α-hetero) is 1. The molecular weight excluding hydrogens is 430 g/mol. The van der Waals surface area contributed by atoms with E-state index in [9.17, 15) is 9.18 Å². The van der Waals surface area contributed by atoms with Gasteiger partial charge < -0.3 is 14.6 Å². The Hall–Kier alpha value is -4.14. The Labute approximate surface area is 187 Å². The van der Waals surface area contributed by atoms with Crippen LogP contribution in [0.5, 0.6) is 5.75 Å².